The number of carbonyl (C=O) groups is 2. The van der Waals surface area contributed by atoms with Gasteiger partial charge in [0.25, 0.3) is 0 Å². The summed E-state index contributed by atoms with van der Waals surface area (Å²) in [5, 5.41) is 10.7. The van der Waals surface area contributed by atoms with E-state index in [4.69, 9.17) is 16.7 Å². The second kappa shape index (κ2) is 6.20. The highest BCUT2D eigenvalue weighted by Gasteiger charge is 2.13. The zero-order valence-corrected chi connectivity index (χ0v) is 10.4. The molecule has 1 rings (SSSR count). The van der Waals surface area contributed by atoms with Crippen LogP contribution < -0.4 is 5.32 Å². The summed E-state index contributed by atoms with van der Waals surface area (Å²) in [6, 6.07) is 3.63. The molecule has 5 nitrogen and oxygen atoms in total. The zero-order valence-electron chi connectivity index (χ0n) is 9.61. The molecule has 0 saturated carbocycles. The molecule has 0 unspecified atom stereocenters. The molecule has 0 aromatic heterocycles. The van der Waals surface area contributed by atoms with Gasteiger partial charge in [0.05, 0.1) is 17.1 Å². The summed E-state index contributed by atoms with van der Waals surface area (Å²) >= 11 is 5.56. The molecule has 7 heteroatoms. The molecule has 0 atom stereocenters. The van der Waals surface area contributed by atoms with E-state index >= 15 is 0 Å². The Labute approximate surface area is 108 Å². The van der Waals surface area contributed by atoms with Gasteiger partial charge >= 0.3 is 12.0 Å². The van der Waals surface area contributed by atoms with E-state index < -0.39 is 17.8 Å². The Hall–Kier alpha value is -1.82. The Morgan fingerprint density at radius 3 is 2.78 bits per heavy atom. The number of nitrogens with zero attached hydrogens (tertiary/aromatic N) is 1. The van der Waals surface area contributed by atoms with E-state index in [1.807, 2.05) is 0 Å². The van der Waals surface area contributed by atoms with Gasteiger partial charge in [-0.2, -0.15) is 0 Å². The second-order valence-electron chi connectivity index (χ2n) is 3.60. The number of anilines is 1. The van der Waals surface area contributed by atoms with Crippen LogP contribution in [0, 0.1) is 5.82 Å². The average molecular weight is 275 g/mol. The summed E-state index contributed by atoms with van der Waals surface area (Å²) in [7, 11) is 1.42. The van der Waals surface area contributed by atoms with Crippen LogP contribution in [0.4, 0.5) is 14.9 Å². The van der Waals surface area contributed by atoms with Crippen molar-refractivity contribution in [1.82, 2.24) is 4.90 Å². The Balaban J connectivity index is 2.64. The highest BCUT2D eigenvalue weighted by molar-refractivity contribution is 6.31. The van der Waals surface area contributed by atoms with Gasteiger partial charge in [-0.05, 0) is 12.1 Å². The van der Waals surface area contributed by atoms with Gasteiger partial charge in [0, 0.05) is 13.6 Å². The van der Waals surface area contributed by atoms with Crippen molar-refractivity contribution in [2.45, 2.75) is 6.42 Å². The Bertz CT molecular complexity index is 468. The molecule has 1 aromatic rings. The van der Waals surface area contributed by atoms with Crippen molar-refractivity contribution >= 4 is 29.3 Å². The average Bonchev–Trinajstić information content (AvgIpc) is 2.31. The standard InChI is InChI=1S/C11H12ClFN2O3/c1-15(6-5-9(16)17)11(18)14-8-4-2-3-7(12)10(8)13/h2-4H,5-6H2,1H3,(H,14,18)(H,16,17). The molecule has 0 aliphatic rings. The lowest BCUT2D eigenvalue weighted by Gasteiger charge is -2.17. The number of aliphatic carboxylic acids is 1. The molecule has 2 N–H and O–H groups in total. The predicted molar refractivity (Wildman–Crippen MR) is 65.3 cm³/mol. The van der Waals surface area contributed by atoms with Gasteiger partial charge in [0.1, 0.15) is 0 Å². The molecule has 0 bridgehead atoms. The van der Waals surface area contributed by atoms with Crippen molar-refractivity contribution in [3.8, 4) is 0 Å². The van der Waals surface area contributed by atoms with Crippen molar-refractivity contribution in [3.63, 3.8) is 0 Å². The third-order valence-corrected chi connectivity index (χ3v) is 2.49. The maximum absolute atomic E-state index is 13.5. The first kappa shape index (κ1) is 14.2. The Morgan fingerprint density at radius 1 is 1.50 bits per heavy atom. The second-order valence-corrected chi connectivity index (χ2v) is 4.00. The number of nitrogens with one attached hydrogen (secondary N) is 1. The highest BCUT2D eigenvalue weighted by Crippen LogP contribution is 2.22. The number of carboxylic acid groups (broad SMARTS) is 1. The van der Waals surface area contributed by atoms with E-state index in [1.165, 1.54) is 25.2 Å². The monoisotopic (exact) mass is 274 g/mol. The van der Waals surface area contributed by atoms with Crippen LogP contribution in [-0.2, 0) is 4.79 Å². The molecule has 0 spiro atoms. The first-order valence-corrected chi connectivity index (χ1v) is 5.47. The van der Waals surface area contributed by atoms with E-state index in [9.17, 15) is 14.0 Å². The molecule has 18 heavy (non-hydrogen) atoms. The molecular formula is C11H12ClFN2O3. The van der Waals surface area contributed by atoms with Crippen LogP contribution in [0.5, 0.6) is 0 Å². The number of rotatable bonds is 4. The minimum Gasteiger partial charge on any atom is -0.481 e. The summed E-state index contributed by atoms with van der Waals surface area (Å²) in [4.78, 5) is 23.1. The predicted octanol–water partition coefficient (Wildman–Crippen LogP) is 2.42. The van der Waals surface area contributed by atoms with Gasteiger partial charge in [-0.25, -0.2) is 9.18 Å². The summed E-state index contributed by atoms with van der Waals surface area (Å²) in [6.07, 6.45) is -0.179. The highest BCUT2D eigenvalue weighted by atomic mass is 35.5. The molecule has 1 aromatic carbocycles. The fraction of sp³-hybridized carbons (Fsp3) is 0.273. The largest absolute Gasteiger partial charge is 0.481 e. The number of halogens is 2. The number of carboxylic acids is 1. The molecular weight excluding hydrogens is 263 g/mol. The third-order valence-electron chi connectivity index (χ3n) is 2.20. The molecule has 0 aliphatic heterocycles. The van der Waals surface area contributed by atoms with Crippen molar-refractivity contribution in [3.05, 3.63) is 29.0 Å². The van der Waals surface area contributed by atoms with E-state index in [0.717, 1.165) is 4.90 Å². The normalized spacial score (nSPS) is 9.94. The van der Waals surface area contributed by atoms with Crippen LogP contribution in [-0.4, -0.2) is 35.6 Å². The lowest BCUT2D eigenvalue weighted by molar-refractivity contribution is -0.137. The van der Waals surface area contributed by atoms with Crippen LogP contribution in [0.25, 0.3) is 0 Å². The van der Waals surface area contributed by atoms with Crippen LogP contribution in [0.15, 0.2) is 18.2 Å². The van der Waals surface area contributed by atoms with Gasteiger partial charge in [0.15, 0.2) is 5.82 Å². The molecule has 98 valence electrons. The van der Waals surface area contributed by atoms with Crippen molar-refractivity contribution in [2.24, 2.45) is 0 Å². The topological polar surface area (TPSA) is 69.6 Å². The smallest absolute Gasteiger partial charge is 0.321 e. The molecule has 0 radical (unpaired) electrons. The minimum absolute atomic E-state index is 0.0311. The van der Waals surface area contributed by atoms with Crippen LogP contribution in [0.2, 0.25) is 5.02 Å². The summed E-state index contributed by atoms with van der Waals surface area (Å²) < 4.78 is 13.5. The van der Waals surface area contributed by atoms with E-state index in [2.05, 4.69) is 5.32 Å². The first-order valence-electron chi connectivity index (χ1n) is 5.09. The molecule has 0 saturated heterocycles. The SMILES string of the molecule is CN(CCC(=O)O)C(=O)Nc1cccc(Cl)c1F. The van der Waals surface area contributed by atoms with Gasteiger partial charge < -0.3 is 15.3 Å². The number of hydrogen-bond donors (Lipinski definition) is 2. The number of carbonyl (C=O) groups excluding carboxylic acids is 1. The minimum atomic E-state index is -1.01. The number of benzene rings is 1. The lowest BCUT2D eigenvalue weighted by atomic mass is 10.3. The summed E-state index contributed by atoms with van der Waals surface area (Å²) in [5.41, 5.74) is -0.0466. The van der Waals surface area contributed by atoms with Gasteiger partial charge in [-0.15, -0.1) is 0 Å². The van der Waals surface area contributed by atoms with E-state index in [0.29, 0.717) is 0 Å². The maximum atomic E-state index is 13.5. The van der Waals surface area contributed by atoms with Gasteiger partial charge in [0.2, 0.25) is 0 Å². The lowest BCUT2D eigenvalue weighted by Crippen LogP contribution is -2.33. The molecule has 0 fully saturated rings. The maximum Gasteiger partial charge on any atom is 0.321 e. The molecule has 0 aliphatic carbocycles. The van der Waals surface area contributed by atoms with Crippen LogP contribution in [0.1, 0.15) is 6.42 Å². The fourth-order valence-corrected chi connectivity index (χ4v) is 1.35. The van der Waals surface area contributed by atoms with Crippen molar-refractivity contribution in [1.29, 1.82) is 0 Å². The van der Waals surface area contributed by atoms with E-state index in [1.54, 1.807) is 0 Å². The van der Waals surface area contributed by atoms with Crippen LogP contribution in [0.3, 0.4) is 0 Å². The molecule has 2 amide bonds. The summed E-state index contributed by atoms with van der Waals surface area (Å²) in [5.74, 6) is -1.73. The van der Waals surface area contributed by atoms with Crippen molar-refractivity contribution in [2.75, 3.05) is 18.9 Å². The summed E-state index contributed by atoms with van der Waals surface area (Å²) in [6.45, 7) is 0.0311. The third kappa shape index (κ3) is 3.89. The number of amides is 2. The zero-order chi connectivity index (χ0) is 13.7. The fourth-order valence-electron chi connectivity index (χ4n) is 1.18. The van der Waals surface area contributed by atoms with Gasteiger partial charge in [-0.1, -0.05) is 17.7 Å². The Morgan fingerprint density at radius 2 is 2.17 bits per heavy atom. The number of hydrogen-bond acceptors (Lipinski definition) is 2. The van der Waals surface area contributed by atoms with Gasteiger partial charge in [-0.3, -0.25) is 4.79 Å². The number of urea groups is 1. The molecule has 0 heterocycles. The van der Waals surface area contributed by atoms with Crippen molar-refractivity contribution < 1.29 is 19.1 Å². The first-order chi connectivity index (χ1) is 8.41. The Kier molecular flexibility index (Phi) is 4.91. The quantitative estimate of drug-likeness (QED) is 0.886. The van der Waals surface area contributed by atoms with E-state index in [-0.39, 0.29) is 23.7 Å². The van der Waals surface area contributed by atoms with Crippen LogP contribution >= 0.6 is 11.6 Å².